The van der Waals surface area contributed by atoms with Crippen LogP contribution < -0.4 is 11.1 Å². The van der Waals surface area contributed by atoms with Crippen molar-refractivity contribution in [2.24, 2.45) is 11.1 Å². The van der Waals surface area contributed by atoms with Gasteiger partial charge in [0.05, 0.1) is 10.4 Å². The number of thiocarbonyl (C=S) groups is 1. The smallest absolute Gasteiger partial charge is 0.235 e. The Morgan fingerprint density at radius 1 is 1.44 bits per heavy atom. The van der Waals surface area contributed by atoms with Gasteiger partial charge < -0.3 is 16.0 Å². The maximum absolute atomic E-state index is 12.5. The molecule has 6 heteroatoms. The first-order chi connectivity index (χ1) is 8.45. The largest absolute Gasteiger partial charge is 0.392 e. The highest BCUT2D eigenvalue weighted by Gasteiger charge is 2.49. The van der Waals surface area contributed by atoms with Gasteiger partial charge in [-0.25, -0.2) is 0 Å². The number of hydrogen-bond acceptors (Lipinski definition) is 3. The molecule has 3 N–H and O–H groups in total. The monoisotopic (exact) mass is 269 g/mol. The van der Waals surface area contributed by atoms with Crippen LogP contribution in [0.4, 0.5) is 0 Å². The quantitative estimate of drug-likeness (QED) is 0.717. The van der Waals surface area contributed by atoms with Gasteiger partial charge in [0.15, 0.2) is 0 Å². The van der Waals surface area contributed by atoms with Crippen LogP contribution in [-0.2, 0) is 9.59 Å². The van der Waals surface area contributed by atoms with E-state index in [-0.39, 0.29) is 17.9 Å². The number of amides is 2. The highest BCUT2D eigenvalue weighted by Crippen LogP contribution is 2.43. The summed E-state index contributed by atoms with van der Waals surface area (Å²) in [7, 11) is 0. The molecule has 1 heterocycles. The van der Waals surface area contributed by atoms with Crippen LogP contribution >= 0.6 is 12.2 Å². The predicted octanol–water partition coefficient (Wildman–Crippen LogP) is 0.180. The zero-order chi connectivity index (χ0) is 13.3. The zero-order valence-electron chi connectivity index (χ0n) is 10.6. The van der Waals surface area contributed by atoms with Gasteiger partial charge in [-0.15, -0.1) is 0 Å². The lowest BCUT2D eigenvalue weighted by Gasteiger charge is -2.41. The van der Waals surface area contributed by atoms with E-state index in [4.69, 9.17) is 18.0 Å². The van der Waals surface area contributed by atoms with Gasteiger partial charge in [-0.2, -0.15) is 0 Å². The summed E-state index contributed by atoms with van der Waals surface area (Å²) < 4.78 is 0. The molecule has 1 aliphatic heterocycles. The van der Waals surface area contributed by atoms with Crippen LogP contribution in [0.15, 0.2) is 0 Å². The van der Waals surface area contributed by atoms with Crippen molar-refractivity contribution in [3.8, 4) is 0 Å². The molecule has 1 aliphatic carbocycles. The Morgan fingerprint density at radius 2 is 2.11 bits per heavy atom. The standard InChI is InChI=1S/C12H19N3O2S/c1-8(16)14-9-3-6-15(7-9)11(17)12(10(13)18)4-2-5-12/h9H,2-7H2,1H3,(H2,13,18)(H,14,16). The van der Waals surface area contributed by atoms with Crippen LogP contribution in [0.1, 0.15) is 32.6 Å². The molecule has 0 aromatic heterocycles. The average Bonchev–Trinajstić information content (AvgIpc) is 2.62. The van der Waals surface area contributed by atoms with Crippen LogP contribution in [0.25, 0.3) is 0 Å². The number of carbonyl (C=O) groups excluding carboxylic acids is 2. The first kappa shape index (κ1) is 13.3. The fraction of sp³-hybridized carbons (Fsp3) is 0.750. The fourth-order valence-electron chi connectivity index (χ4n) is 2.75. The summed E-state index contributed by atoms with van der Waals surface area (Å²) in [6, 6.07) is 0.0647. The van der Waals surface area contributed by atoms with Gasteiger partial charge in [0.1, 0.15) is 0 Å². The molecule has 1 saturated carbocycles. The zero-order valence-corrected chi connectivity index (χ0v) is 11.4. The van der Waals surface area contributed by atoms with Crippen LogP contribution in [0.2, 0.25) is 0 Å². The first-order valence-electron chi connectivity index (χ1n) is 6.32. The lowest BCUT2D eigenvalue weighted by molar-refractivity contribution is -0.141. The lowest BCUT2D eigenvalue weighted by Crippen LogP contribution is -2.54. The predicted molar refractivity (Wildman–Crippen MR) is 71.9 cm³/mol. The molecular weight excluding hydrogens is 250 g/mol. The van der Waals surface area contributed by atoms with Gasteiger partial charge in [-0.05, 0) is 19.3 Å². The van der Waals surface area contributed by atoms with Crippen molar-refractivity contribution in [3.63, 3.8) is 0 Å². The van der Waals surface area contributed by atoms with Crippen molar-refractivity contribution < 1.29 is 9.59 Å². The first-order valence-corrected chi connectivity index (χ1v) is 6.73. The Labute approximate surface area is 112 Å². The van der Waals surface area contributed by atoms with Gasteiger partial charge in [0.25, 0.3) is 0 Å². The van der Waals surface area contributed by atoms with Crippen molar-refractivity contribution in [1.82, 2.24) is 10.2 Å². The number of nitrogens with zero attached hydrogens (tertiary/aromatic N) is 1. The van der Waals surface area contributed by atoms with Crippen molar-refractivity contribution in [3.05, 3.63) is 0 Å². The van der Waals surface area contributed by atoms with Crippen molar-refractivity contribution >= 4 is 29.0 Å². The molecule has 0 spiro atoms. The minimum Gasteiger partial charge on any atom is -0.392 e. The van der Waals surface area contributed by atoms with Crippen LogP contribution in [0.3, 0.4) is 0 Å². The number of rotatable bonds is 3. The molecule has 0 aromatic rings. The minimum atomic E-state index is -0.597. The molecular formula is C12H19N3O2S. The number of nitrogens with two attached hydrogens (primary N) is 1. The van der Waals surface area contributed by atoms with E-state index >= 15 is 0 Å². The van der Waals surface area contributed by atoms with Crippen LogP contribution in [0, 0.1) is 5.41 Å². The minimum absolute atomic E-state index is 0.0501. The van der Waals surface area contributed by atoms with Crippen LogP contribution in [0.5, 0.6) is 0 Å². The molecule has 1 saturated heterocycles. The van der Waals surface area contributed by atoms with E-state index in [0.29, 0.717) is 18.1 Å². The Balaban J connectivity index is 1.99. The Hall–Kier alpha value is -1.17. The summed E-state index contributed by atoms with van der Waals surface area (Å²) in [5, 5.41) is 2.85. The van der Waals surface area contributed by atoms with E-state index in [9.17, 15) is 9.59 Å². The summed E-state index contributed by atoms with van der Waals surface area (Å²) in [6.45, 7) is 2.74. The highest BCUT2D eigenvalue weighted by atomic mass is 32.1. The highest BCUT2D eigenvalue weighted by molar-refractivity contribution is 7.80. The Morgan fingerprint density at radius 3 is 2.56 bits per heavy atom. The number of carbonyl (C=O) groups is 2. The maximum atomic E-state index is 12.5. The third-order valence-corrected chi connectivity index (χ3v) is 4.36. The summed E-state index contributed by atoms with van der Waals surface area (Å²) >= 11 is 5.05. The molecule has 2 fully saturated rings. The molecule has 1 atom stereocenters. The molecule has 2 aliphatic rings. The molecule has 0 aromatic carbocycles. The molecule has 2 rings (SSSR count). The summed E-state index contributed by atoms with van der Waals surface area (Å²) in [5.74, 6) is -0.00361. The molecule has 2 amide bonds. The molecule has 18 heavy (non-hydrogen) atoms. The topological polar surface area (TPSA) is 75.4 Å². The van der Waals surface area contributed by atoms with Crippen molar-refractivity contribution in [2.45, 2.75) is 38.6 Å². The summed E-state index contributed by atoms with van der Waals surface area (Å²) in [6.07, 6.45) is 3.34. The lowest BCUT2D eigenvalue weighted by atomic mass is 9.67. The van der Waals surface area contributed by atoms with E-state index in [1.807, 2.05) is 0 Å². The van der Waals surface area contributed by atoms with E-state index in [2.05, 4.69) is 5.32 Å². The normalized spacial score (nSPS) is 25.4. The van der Waals surface area contributed by atoms with E-state index in [0.717, 1.165) is 25.7 Å². The van der Waals surface area contributed by atoms with E-state index in [1.165, 1.54) is 6.92 Å². The summed E-state index contributed by atoms with van der Waals surface area (Å²) in [4.78, 5) is 25.6. The Bertz CT molecular complexity index is 393. The molecule has 0 radical (unpaired) electrons. The second-order valence-electron chi connectivity index (χ2n) is 5.24. The Kier molecular flexibility index (Phi) is 3.56. The van der Waals surface area contributed by atoms with Gasteiger partial charge in [-0.3, -0.25) is 9.59 Å². The van der Waals surface area contributed by atoms with E-state index in [1.54, 1.807) is 4.90 Å². The third-order valence-electron chi connectivity index (χ3n) is 3.97. The molecule has 5 nitrogen and oxygen atoms in total. The van der Waals surface area contributed by atoms with Crippen molar-refractivity contribution in [1.29, 1.82) is 0 Å². The second-order valence-corrected chi connectivity index (χ2v) is 5.68. The van der Waals surface area contributed by atoms with E-state index < -0.39 is 5.41 Å². The van der Waals surface area contributed by atoms with Gasteiger partial charge in [0, 0.05) is 26.1 Å². The molecule has 100 valence electrons. The summed E-state index contributed by atoms with van der Waals surface area (Å²) in [5.41, 5.74) is 5.13. The molecule has 0 bridgehead atoms. The van der Waals surface area contributed by atoms with Crippen molar-refractivity contribution in [2.75, 3.05) is 13.1 Å². The van der Waals surface area contributed by atoms with Crippen LogP contribution in [-0.4, -0.2) is 40.8 Å². The second kappa shape index (κ2) is 4.84. The molecule has 1 unspecified atom stereocenters. The fourth-order valence-corrected chi connectivity index (χ4v) is 3.04. The number of nitrogens with one attached hydrogen (secondary N) is 1. The third kappa shape index (κ3) is 2.21. The number of likely N-dealkylation sites (tertiary alicyclic amines) is 1. The van der Waals surface area contributed by atoms with Gasteiger partial charge >= 0.3 is 0 Å². The maximum Gasteiger partial charge on any atom is 0.235 e. The van der Waals surface area contributed by atoms with Gasteiger partial charge in [0.2, 0.25) is 11.8 Å². The SMILES string of the molecule is CC(=O)NC1CCN(C(=O)C2(C(N)=S)CCC2)C1. The average molecular weight is 269 g/mol. The van der Waals surface area contributed by atoms with Gasteiger partial charge in [-0.1, -0.05) is 18.6 Å². The number of hydrogen-bond donors (Lipinski definition) is 2.